The molecule has 0 radical (unpaired) electrons. The van der Waals surface area contributed by atoms with E-state index in [-0.39, 0.29) is 11.7 Å². The van der Waals surface area contributed by atoms with Crippen molar-refractivity contribution in [3.05, 3.63) is 34.9 Å². The molecule has 0 saturated heterocycles. The fourth-order valence-electron chi connectivity index (χ4n) is 2.97. The number of carbonyl (C=O) groups excluding carboxylic acids is 1. The van der Waals surface area contributed by atoms with Crippen LogP contribution in [0, 0.1) is 5.41 Å². The topological polar surface area (TPSA) is 78.9 Å². The third-order valence-corrected chi connectivity index (χ3v) is 4.55. The lowest BCUT2D eigenvalue weighted by molar-refractivity contribution is -0.137. The van der Waals surface area contributed by atoms with Crippen LogP contribution in [0.2, 0.25) is 5.02 Å². The maximum absolute atomic E-state index is 12.8. The zero-order chi connectivity index (χ0) is 15.5. The molecule has 5 nitrogen and oxygen atoms in total. The number of hydrogen-bond acceptors (Lipinski definition) is 3. The summed E-state index contributed by atoms with van der Waals surface area (Å²) in [5.41, 5.74) is 5.81. The van der Waals surface area contributed by atoms with Gasteiger partial charge in [0.05, 0.1) is 0 Å². The van der Waals surface area contributed by atoms with Gasteiger partial charge in [0.15, 0.2) is 5.84 Å². The summed E-state index contributed by atoms with van der Waals surface area (Å²) in [5, 5.41) is 12.7. The summed E-state index contributed by atoms with van der Waals surface area (Å²) in [6, 6.07) is 7.41. The first-order valence-electron chi connectivity index (χ1n) is 6.98. The van der Waals surface area contributed by atoms with Crippen molar-refractivity contribution in [3.8, 4) is 0 Å². The average molecular weight is 310 g/mol. The van der Waals surface area contributed by atoms with Gasteiger partial charge in [-0.25, -0.2) is 0 Å². The Kier molecular flexibility index (Phi) is 4.73. The van der Waals surface area contributed by atoms with E-state index in [9.17, 15) is 4.79 Å². The van der Waals surface area contributed by atoms with E-state index >= 15 is 0 Å². The van der Waals surface area contributed by atoms with E-state index in [0.717, 1.165) is 18.4 Å². The molecule has 1 amide bonds. The molecule has 1 aromatic carbocycles. The van der Waals surface area contributed by atoms with Gasteiger partial charge in [-0.1, -0.05) is 47.8 Å². The molecule has 0 unspecified atom stereocenters. The Morgan fingerprint density at radius 1 is 1.43 bits per heavy atom. The van der Waals surface area contributed by atoms with E-state index in [1.807, 2.05) is 18.2 Å². The van der Waals surface area contributed by atoms with Gasteiger partial charge < -0.3 is 15.8 Å². The summed E-state index contributed by atoms with van der Waals surface area (Å²) >= 11 is 6.13. The third kappa shape index (κ3) is 2.97. The van der Waals surface area contributed by atoms with Crippen molar-refractivity contribution < 1.29 is 10.0 Å². The molecular formula is C15H20ClN3O2. The minimum Gasteiger partial charge on any atom is -0.409 e. The first kappa shape index (κ1) is 15.6. The highest BCUT2D eigenvalue weighted by Gasteiger charge is 2.46. The molecule has 0 aliphatic heterocycles. The van der Waals surface area contributed by atoms with Crippen molar-refractivity contribution in [3.63, 3.8) is 0 Å². The Hall–Kier alpha value is -1.75. The van der Waals surface area contributed by atoms with Gasteiger partial charge in [-0.05, 0) is 24.5 Å². The van der Waals surface area contributed by atoms with Crippen molar-refractivity contribution in [1.29, 1.82) is 0 Å². The summed E-state index contributed by atoms with van der Waals surface area (Å²) in [7, 11) is 1.72. The van der Waals surface area contributed by atoms with Crippen LogP contribution < -0.4 is 5.73 Å². The SMILES string of the molecule is CN(Cc1ccccc1Cl)C(=O)C1(C(N)=NO)CCCC1. The van der Waals surface area contributed by atoms with Gasteiger partial charge in [0.1, 0.15) is 5.41 Å². The minimum atomic E-state index is -0.870. The highest BCUT2D eigenvalue weighted by atomic mass is 35.5. The van der Waals surface area contributed by atoms with E-state index < -0.39 is 5.41 Å². The first-order valence-corrected chi connectivity index (χ1v) is 7.36. The predicted molar refractivity (Wildman–Crippen MR) is 82.2 cm³/mol. The Labute approximate surface area is 129 Å². The zero-order valence-corrected chi connectivity index (χ0v) is 12.8. The largest absolute Gasteiger partial charge is 0.409 e. The summed E-state index contributed by atoms with van der Waals surface area (Å²) < 4.78 is 0. The lowest BCUT2D eigenvalue weighted by Crippen LogP contribution is -2.48. The number of rotatable bonds is 4. The van der Waals surface area contributed by atoms with Gasteiger partial charge >= 0.3 is 0 Å². The molecule has 0 atom stereocenters. The molecule has 0 bridgehead atoms. The van der Waals surface area contributed by atoms with Crippen molar-refractivity contribution in [2.75, 3.05) is 7.05 Å². The standard InChI is InChI=1S/C15H20ClN3O2/c1-19(10-11-6-2-3-7-12(11)16)14(20)15(13(17)18-21)8-4-5-9-15/h2-3,6-7,21H,4-5,8-10H2,1H3,(H2,17,18). The first-order chi connectivity index (χ1) is 10.0. The summed E-state index contributed by atoms with van der Waals surface area (Å²) in [5.74, 6) is -0.105. The molecular weight excluding hydrogens is 290 g/mol. The van der Waals surface area contributed by atoms with Gasteiger partial charge in [-0.2, -0.15) is 0 Å². The van der Waals surface area contributed by atoms with Crippen LogP contribution in [0.25, 0.3) is 0 Å². The third-order valence-electron chi connectivity index (χ3n) is 4.18. The number of amidine groups is 1. The molecule has 1 aromatic rings. The normalized spacial score (nSPS) is 17.7. The van der Waals surface area contributed by atoms with E-state index in [1.165, 1.54) is 0 Å². The monoisotopic (exact) mass is 309 g/mol. The quantitative estimate of drug-likeness (QED) is 0.388. The van der Waals surface area contributed by atoms with Crippen molar-refractivity contribution in [2.24, 2.45) is 16.3 Å². The number of benzene rings is 1. The van der Waals surface area contributed by atoms with Gasteiger partial charge in [0.25, 0.3) is 0 Å². The second-order valence-electron chi connectivity index (χ2n) is 5.53. The maximum atomic E-state index is 12.8. The van der Waals surface area contributed by atoms with Crippen LogP contribution in [0.3, 0.4) is 0 Å². The van der Waals surface area contributed by atoms with Crippen LogP contribution in [-0.4, -0.2) is 28.9 Å². The summed E-state index contributed by atoms with van der Waals surface area (Å²) in [6.07, 6.45) is 3.05. The molecule has 0 aromatic heterocycles. The number of oxime groups is 1. The van der Waals surface area contributed by atoms with Crippen LogP contribution in [0.4, 0.5) is 0 Å². The number of halogens is 1. The summed E-state index contributed by atoms with van der Waals surface area (Å²) in [6.45, 7) is 0.402. The number of amides is 1. The zero-order valence-electron chi connectivity index (χ0n) is 12.1. The summed E-state index contributed by atoms with van der Waals surface area (Å²) in [4.78, 5) is 14.4. The number of nitrogens with two attached hydrogens (primary N) is 1. The highest BCUT2D eigenvalue weighted by Crippen LogP contribution is 2.40. The van der Waals surface area contributed by atoms with Crippen LogP contribution in [0.15, 0.2) is 29.4 Å². The molecule has 3 N–H and O–H groups in total. The Morgan fingerprint density at radius 3 is 2.62 bits per heavy atom. The van der Waals surface area contributed by atoms with E-state index in [4.69, 9.17) is 22.5 Å². The van der Waals surface area contributed by atoms with Crippen molar-refractivity contribution in [2.45, 2.75) is 32.2 Å². The molecule has 0 heterocycles. The van der Waals surface area contributed by atoms with E-state index in [0.29, 0.717) is 24.4 Å². The van der Waals surface area contributed by atoms with Gasteiger partial charge in [-0.3, -0.25) is 4.79 Å². The fourth-order valence-corrected chi connectivity index (χ4v) is 3.17. The molecule has 6 heteroatoms. The lowest BCUT2D eigenvalue weighted by Gasteiger charge is -2.31. The number of carbonyl (C=O) groups is 1. The maximum Gasteiger partial charge on any atom is 0.236 e. The van der Waals surface area contributed by atoms with Crippen LogP contribution >= 0.6 is 11.6 Å². The smallest absolute Gasteiger partial charge is 0.236 e. The molecule has 1 aliphatic rings. The van der Waals surface area contributed by atoms with Crippen LogP contribution in [0.1, 0.15) is 31.2 Å². The molecule has 1 fully saturated rings. The van der Waals surface area contributed by atoms with Gasteiger partial charge in [0, 0.05) is 18.6 Å². The lowest BCUT2D eigenvalue weighted by atomic mass is 9.83. The second kappa shape index (κ2) is 6.35. The van der Waals surface area contributed by atoms with E-state index in [1.54, 1.807) is 18.0 Å². The van der Waals surface area contributed by atoms with E-state index in [2.05, 4.69) is 5.16 Å². The van der Waals surface area contributed by atoms with Gasteiger partial charge in [0.2, 0.25) is 5.91 Å². The highest BCUT2D eigenvalue weighted by molar-refractivity contribution is 6.31. The molecule has 1 saturated carbocycles. The Morgan fingerprint density at radius 2 is 2.05 bits per heavy atom. The Balaban J connectivity index is 2.20. The van der Waals surface area contributed by atoms with Crippen molar-refractivity contribution >= 4 is 23.3 Å². The number of hydrogen-bond donors (Lipinski definition) is 2. The average Bonchev–Trinajstić information content (AvgIpc) is 2.98. The minimum absolute atomic E-state index is 0.0102. The Bertz CT molecular complexity index is 554. The second-order valence-corrected chi connectivity index (χ2v) is 5.93. The van der Waals surface area contributed by atoms with Gasteiger partial charge in [-0.15, -0.1) is 0 Å². The molecule has 114 valence electrons. The molecule has 2 rings (SSSR count). The molecule has 0 spiro atoms. The predicted octanol–water partition coefficient (Wildman–Crippen LogP) is 2.61. The fraction of sp³-hybridized carbons (Fsp3) is 0.467. The molecule has 21 heavy (non-hydrogen) atoms. The van der Waals surface area contributed by atoms with Crippen molar-refractivity contribution in [1.82, 2.24) is 4.90 Å². The van der Waals surface area contributed by atoms with Crippen LogP contribution in [-0.2, 0) is 11.3 Å². The molecule has 1 aliphatic carbocycles. The number of nitrogens with zero attached hydrogens (tertiary/aromatic N) is 2. The van der Waals surface area contributed by atoms with Crippen LogP contribution in [0.5, 0.6) is 0 Å².